The van der Waals surface area contributed by atoms with Gasteiger partial charge in [-0.1, -0.05) is 6.07 Å². The van der Waals surface area contributed by atoms with Crippen LogP contribution in [0.1, 0.15) is 11.1 Å². The Hall–Kier alpha value is -4.99. The Morgan fingerprint density at radius 1 is 0.795 bits per heavy atom. The SMILES string of the molecule is N#Cc1cccnc1N1CCN(c2nc(Nc3ccc(F)cc3)nc(Nc3cccc(C(F)(F)F)c3)n2)CC1. The van der Waals surface area contributed by atoms with Crippen molar-refractivity contribution in [3.63, 3.8) is 0 Å². The highest BCUT2D eigenvalue weighted by Crippen LogP contribution is 2.31. The van der Waals surface area contributed by atoms with Crippen LogP contribution in [-0.2, 0) is 6.18 Å². The van der Waals surface area contributed by atoms with Crippen LogP contribution in [0.4, 0.5) is 52.6 Å². The number of rotatable bonds is 6. The molecule has 198 valence electrons. The number of aromatic nitrogens is 4. The van der Waals surface area contributed by atoms with Crippen molar-refractivity contribution in [3.8, 4) is 6.07 Å². The van der Waals surface area contributed by atoms with Crippen molar-refractivity contribution in [1.29, 1.82) is 5.26 Å². The molecule has 4 aromatic rings. The summed E-state index contributed by atoms with van der Waals surface area (Å²) in [6, 6.07) is 15.9. The molecule has 0 saturated carbocycles. The Bertz CT molecular complexity index is 1490. The molecule has 0 aliphatic carbocycles. The average Bonchev–Trinajstić information content (AvgIpc) is 2.94. The molecule has 3 heterocycles. The smallest absolute Gasteiger partial charge is 0.352 e. The van der Waals surface area contributed by atoms with Gasteiger partial charge < -0.3 is 20.4 Å². The van der Waals surface area contributed by atoms with Gasteiger partial charge >= 0.3 is 6.18 Å². The monoisotopic (exact) mass is 535 g/mol. The molecule has 39 heavy (non-hydrogen) atoms. The lowest BCUT2D eigenvalue weighted by Gasteiger charge is -2.35. The van der Waals surface area contributed by atoms with Gasteiger partial charge in [0.05, 0.1) is 11.1 Å². The molecule has 1 aliphatic heterocycles. The lowest BCUT2D eigenvalue weighted by atomic mass is 10.2. The molecule has 2 aromatic heterocycles. The first-order chi connectivity index (χ1) is 18.8. The number of benzene rings is 2. The van der Waals surface area contributed by atoms with Crippen LogP contribution in [0.2, 0.25) is 0 Å². The number of nitrogens with zero attached hydrogens (tertiary/aromatic N) is 7. The molecule has 0 amide bonds. The molecule has 2 aromatic carbocycles. The highest BCUT2D eigenvalue weighted by Gasteiger charge is 2.30. The van der Waals surface area contributed by atoms with E-state index in [0.717, 1.165) is 12.1 Å². The van der Waals surface area contributed by atoms with Crippen molar-refractivity contribution < 1.29 is 17.6 Å². The topological polar surface area (TPSA) is 106 Å². The average molecular weight is 536 g/mol. The molecule has 13 heteroatoms. The second kappa shape index (κ2) is 10.8. The Morgan fingerprint density at radius 2 is 1.46 bits per heavy atom. The van der Waals surface area contributed by atoms with Gasteiger partial charge in [-0.15, -0.1) is 0 Å². The van der Waals surface area contributed by atoms with Gasteiger partial charge in [0, 0.05) is 43.8 Å². The Morgan fingerprint density at radius 3 is 2.13 bits per heavy atom. The van der Waals surface area contributed by atoms with Crippen LogP contribution in [0.25, 0.3) is 0 Å². The molecule has 0 radical (unpaired) electrons. The highest BCUT2D eigenvalue weighted by atomic mass is 19.4. The molecule has 9 nitrogen and oxygen atoms in total. The second-order valence-electron chi connectivity index (χ2n) is 8.58. The fourth-order valence-corrected chi connectivity index (χ4v) is 4.04. The number of nitriles is 1. The minimum Gasteiger partial charge on any atom is -0.352 e. The maximum Gasteiger partial charge on any atom is 0.416 e. The molecule has 5 rings (SSSR count). The maximum absolute atomic E-state index is 13.4. The standard InChI is InChI=1S/C26H21F4N9/c27-19-6-8-20(9-7-19)33-23-35-24(34-21-5-1-4-18(15-21)26(28,29)30)37-25(36-23)39-13-11-38(12-14-39)22-17(16-31)3-2-10-32-22/h1-10,15H,11-14H2,(H2,33,34,35,36,37). The number of halogens is 4. The predicted molar refractivity (Wildman–Crippen MR) is 138 cm³/mol. The normalized spacial score (nSPS) is 13.6. The lowest BCUT2D eigenvalue weighted by Crippen LogP contribution is -2.47. The van der Waals surface area contributed by atoms with E-state index in [0.29, 0.717) is 49.2 Å². The van der Waals surface area contributed by atoms with Gasteiger partial charge in [-0.2, -0.15) is 33.4 Å². The van der Waals surface area contributed by atoms with E-state index in [1.165, 1.54) is 36.4 Å². The zero-order valence-electron chi connectivity index (χ0n) is 20.3. The van der Waals surface area contributed by atoms with Crippen LogP contribution in [0.15, 0.2) is 66.9 Å². The molecule has 0 spiro atoms. The van der Waals surface area contributed by atoms with E-state index in [1.807, 2.05) is 9.80 Å². The van der Waals surface area contributed by atoms with E-state index in [-0.39, 0.29) is 17.6 Å². The van der Waals surface area contributed by atoms with E-state index in [9.17, 15) is 22.8 Å². The van der Waals surface area contributed by atoms with Crippen molar-refractivity contribution in [2.45, 2.75) is 6.18 Å². The molecule has 2 N–H and O–H groups in total. The number of anilines is 6. The van der Waals surface area contributed by atoms with Crippen LogP contribution in [0.3, 0.4) is 0 Å². The van der Waals surface area contributed by atoms with Gasteiger partial charge in [-0.3, -0.25) is 0 Å². The van der Waals surface area contributed by atoms with E-state index in [2.05, 4.69) is 36.6 Å². The largest absolute Gasteiger partial charge is 0.416 e. The van der Waals surface area contributed by atoms with E-state index in [1.54, 1.807) is 18.3 Å². The van der Waals surface area contributed by atoms with Gasteiger partial charge in [-0.25, -0.2) is 9.37 Å². The number of nitrogens with one attached hydrogen (secondary N) is 2. The summed E-state index contributed by atoms with van der Waals surface area (Å²) in [4.78, 5) is 21.5. The summed E-state index contributed by atoms with van der Waals surface area (Å²) in [6.07, 6.45) is -2.87. The summed E-state index contributed by atoms with van der Waals surface area (Å²) in [5.74, 6) is 0.642. The Kier molecular flexibility index (Phi) is 7.09. The molecule has 1 fully saturated rings. The number of pyridine rings is 1. The minimum absolute atomic E-state index is 0.0304. The Labute approximate surface area is 220 Å². The number of hydrogen-bond acceptors (Lipinski definition) is 9. The molecule has 1 saturated heterocycles. The molecular formula is C26H21F4N9. The third-order valence-corrected chi connectivity index (χ3v) is 5.94. The Balaban J connectivity index is 1.41. The fourth-order valence-electron chi connectivity index (χ4n) is 4.04. The van der Waals surface area contributed by atoms with E-state index < -0.39 is 17.6 Å². The van der Waals surface area contributed by atoms with Crippen molar-refractivity contribution in [1.82, 2.24) is 19.9 Å². The summed E-state index contributed by atoms with van der Waals surface area (Å²) in [5, 5.41) is 15.2. The minimum atomic E-state index is -4.50. The maximum atomic E-state index is 13.4. The first-order valence-corrected chi connectivity index (χ1v) is 11.9. The van der Waals surface area contributed by atoms with Crippen molar-refractivity contribution in [3.05, 3.63) is 83.8 Å². The highest BCUT2D eigenvalue weighted by molar-refractivity contribution is 5.61. The third-order valence-electron chi connectivity index (χ3n) is 5.94. The third kappa shape index (κ3) is 6.12. The van der Waals surface area contributed by atoms with Crippen LogP contribution in [0, 0.1) is 17.1 Å². The van der Waals surface area contributed by atoms with Crippen LogP contribution in [0.5, 0.6) is 0 Å². The molecule has 1 aliphatic rings. The summed E-state index contributed by atoms with van der Waals surface area (Å²) in [7, 11) is 0. The van der Waals surface area contributed by atoms with Crippen LogP contribution >= 0.6 is 0 Å². The zero-order valence-corrected chi connectivity index (χ0v) is 20.3. The summed E-state index contributed by atoms with van der Waals surface area (Å²) < 4.78 is 53.0. The van der Waals surface area contributed by atoms with Gasteiger partial charge in [0.2, 0.25) is 17.8 Å². The molecule has 0 atom stereocenters. The predicted octanol–water partition coefficient (Wildman–Crippen LogP) is 5.11. The van der Waals surface area contributed by atoms with Crippen molar-refractivity contribution >= 4 is 35.0 Å². The molecule has 0 unspecified atom stereocenters. The number of alkyl halides is 3. The van der Waals surface area contributed by atoms with Gasteiger partial charge in [-0.05, 0) is 54.6 Å². The van der Waals surface area contributed by atoms with Crippen molar-refractivity contribution in [2.24, 2.45) is 0 Å². The first-order valence-electron chi connectivity index (χ1n) is 11.9. The fraction of sp³-hybridized carbons (Fsp3) is 0.192. The van der Waals surface area contributed by atoms with Crippen molar-refractivity contribution in [2.75, 3.05) is 46.6 Å². The zero-order chi connectivity index (χ0) is 27.4. The van der Waals surface area contributed by atoms with E-state index >= 15 is 0 Å². The molecule has 0 bridgehead atoms. The van der Waals surface area contributed by atoms with Crippen LogP contribution in [-0.4, -0.2) is 46.1 Å². The number of hydrogen-bond donors (Lipinski definition) is 2. The lowest BCUT2D eigenvalue weighted by molar-refractivity contribution is -0.137. The van der Waals surface area contributed by atoms with E-state index in [4.69, 9.17) is 0 Å². The van der Waals surface area contributed by atoms with Gasteiger partial charge in [0.1, 0.15) is 17.7 Å². The number of piperazine rings is 1. The molecular weight excluding hydrogens is 514 g/mol. The van der Waals surface area contributed by atoms with Gasteiger partial charge in [0.25, 0.3) is 0 Å². The second-order valence-corrected chi connectivity index (χ2v) is 8.58. The quantitative estimate of drug-likeness (QED) is 0.326. The first kappa shape index (κ1) is 25.7. The van der Waals surface area contributed by atoms with Crippen LogP contribution < -0.4 is 20.4 Å². The summed E-state index contributed by atoms with van der Waals surface area (Å²) in [5.41, 5.74) is 0.333. The summed E-state index contributed by atoms with van der Waals surface area (Å²) in [6.45, 7) is 2.05. The summed E-state index contributed by atoms with van der Waals surface area (Å²) >= 11 is 0. The van der Waals surface area contributed by atoms with Gasteiger partial charge in [0.15, 0.2) is 0 Å².